The Hall–Kier alpha value is -7.54. The second kappa shape index (κ2) is 42.7. The van der Waals surface area contributed by atoms with Crippen LogP contribution in [-0.4, -0.2) is 283 Å². The van der Waals surface area contributed by atoms with Crippen molar-refractivity contribution in [1.29, 1.82) is 0 Å². The molecule has 7 aromatic rings. The molecule has 7 aromatic heterocycles. The van der Waals surface area contributed by atoms with Crippen molar-refractivity contribution in [1.82, 2.24) is 67.3 Å². The standard InChI is InChI=1S/C66H90N16O46P6S2/c1-27-41(47(104-2)55(116-27)78-15-9-36(84)71-63(78)90)123-129(94,95)111-23-32-44(50(107-5)60(121-32)82-26-69-40-53(82)75-61(68)76-54(40)88)126-131(98,99)113-21-30-42(48(105-3)56(117-30)77-14-8-35(67)70-62(77)89)124-130(96,97)112-22-31-43(49(106-4)57(118-31)79-16-10-37(85)72-64(79)91)125-132(100,101)114-24-33-45(51(108-6)58(119-33)80-17-11-38(86)73-65(80)92)127-133(102,135)115-25-34-46(128-134(103,136)122-28-13-19-110-29(28)20-83)52(109-7)59(120-34)81-18-12-39(87)74-66(81)93/h8-12,14-18,26-34,41-52,55-60,83H,13,19-25H2,1-7H3,(H,94,95)(H,96,97)(H,98,99)(H,100,101)(H,102,135)(H,103,136)(H2,67,70,89)(H,71,84,90)(H,72,85,91)(H,73,86,92)(H,74,87,93)(H3,68,75,76,88)/p-6/t27-,28+,29+,30-,31-,32-,33-,34-,41?,42?,43?,44?,45?,46?,47+,48+,49+,50+,51+,52+,55-,56-,57-,58-,59-,60-,133?,134?/m1/s1. The van der Waals surface area contributed by atoms with Gasteiger partial charge in [-0.1, -0.05) is 11.8 Å². The van der Waals surface area contributed by atoms with Crippen LogP contribution in [0.4, 0.5) is 11.8 Å². The van der Waals surface area contributed by atoms with E-state index in [-0.39, 0.29) is 30.0 Å². The first kappa shape index (κ1) is 104. The molecule has 14 heterocycles. The topological polar surface area (TPSA) is 822 Å². The highest BCUT2D eigenvalue weighted by Crippen LogP contribution is 2.57. The number of rotatable bonds is 42. The van der Waals surface area contributed by atoms with Gasteiger partial charge in [-0.3, -0.25) is 99.1 Å². The summed E-state index contributed by atoms with van der Waals surface area (Å²) in [6.07, 6.45) is -40.3. The average molecular weight is 2090 g/mol. The van der Waals surface area contributed by atoms with Crippen LogP contribution in [0.3, 0.4) is 0 Å². The molecule has 136 heavy (non-hydrogen) atoms. The minimum atomic E-state index is -6.24. The van der Waals surface area contributed by atoms with E-state index in [9.17, 15) is 100 Å². The highest BCUT2D eigenvalue weighted by Gasteiger charge is 2.57. The van der Waals surface area contributed by atoms with E-state index in [2.05, 4.69) is 19.9 Å². The zero-order chi connectivity index (χ0) is 98.3. The lowest BCUT2D eigenvalue weighted by atomic mass is 10.1. The average Bonchev–Trinajstić information content (AvgIpc) is 1.61. The zero-order valence-corrected chi connectivity index (χ0v) is 78.0. The van der Waals surface area contributed by atoms with Gasteiger partial charge in [-0.25, -0.2) is 29.0 Å². The molecule has 12 unspecified atom stereocenters. The van der Waals surface area contributed by atoms with E-state index in [0.717, 1.165) is 124 Å². The molecule has 10 N–H and O–H groups in total. The van der Waals surface area contributed by atoms with Crippen LogP contribution in [0, 0.1) is 0 Å². The number of nitrogens with two attached hydrogens (primary N) is 2. The van der Waals surface area contributed by atoms with Crippen molar-refractivity contribution >= 4 is 91.8 Å². The van der Waals surface area contributed by atoms with Crippen molar-refractivity contribution in [3.8, 4) is 0 Å². The van der Waals surface area contributed by atoms with Gasteiger partial charge < -0.3 is 169 Å². The molecule has 7 saturated heterocycles. The highest BCUT2D eigenvalue weighted by atomic mass is 32.7. The Balaban J connectivity index is 0.705. The summed E-state index contributed by atoms with van der Waals surface area (Å²) in [6, 6.07) is 4.62. The third-order valence-electron chi connectivity index (χ3n) is 21.9. The van der Waals surface area contributed by atoms with Crippen LogP contribution in [0.15, 0.2) is 116 Å². The fourth-order valence-corrected chi connectivity index (χ4v) is 22.9. The molecule has 0 aromatic carbocycles. The van der Waals surface area contributed by atoms with Crippen molar-refractivity contribution in [3.63, 3.8) is 0 Å². The first-order valence-corrected chi connectivity index (χ1v) is 50.8. The van der Waals surface area contributed by atoms with Gasteiger partial charge in [0.05, 0.1) is 58.2 Å². The van der Waals surface area contributed by atoms with Crippen LogP contribution in [0.25, 0.3) is 11.2 Å². The highest BCUT2D eigenvalue weighted by molar-refractivity contribution is 8.32. The minimum Gasteiger partial charge on any atom is -0.780 e. The predicted molar refractivity (Wildman–Crippen MR) is 440 cm³/mol. The fourth-order valence-electron chi connectivity index (χ4n) is 15.9. The van der Waals surface area contributed by atoms with Gasteiger partial charge in [0.25, 0.3) is 59.1 Å². The SMILES string of the molecule is CO[C@H]1C(OP(=O)([O-])OC[C@H]2O[C@@H](n3cnc4c(=O)[nH]c(N)nc43)[C@@H](OC)C2OP(=O)([O-])OC[C@H]2O[C@@H](n3ccc(N)nc3=O)[C@@H](OC)C2OP(=O)([O-])OC[C@H]2O[C@@H](n3ccc(=O)[nH]c3=O)[C@@H](OC)C2OP(=O)([O-])OC[C@H]2O[C@@H](n3ccc(=O)[nH]c3=O)[C@@H](OC)C2OP([O-])(=S)OC[C@H]2O[C@@H](n3ccc(=O)[nH]c3=O)[C@@H](OC)C2OP(=O)([S-])O[C@H]2CCO[C@H]2CO)[C@@H](C)O[C@H]1n1ccc(=O)[nH]c1=O. The number of phosphoric ester groups is 4. The van der Waals surface area contributed by atoms with E-state index in [1.54, 1.807) is 0 Å². The molecule has 7 fully saturated rings. The normalized spacial score (nSPS) is 32.9. The van der Waals surface area contributed by atoms with E-state index in [0.29, 0.717) is 13.7 Å². The summed E-state index contributed by atoms with van der Waals surface area (Å²) in [7, 11) is -18.2. The fraction of sp³-hybridized carbons (Fsp3) is 0.621. The number of imidazole rings is 1. The molecule has 0 radical (unpaired) electrons. The number of anilines is 2. The lowest BCUT2D eigenvalue weighted by Gasteiger charge is -2.36. The maximum atomic E-state index is 14.8. The molecule has 32 atom stereocenters. The van der Waals surface area contributed by atoms with Crippen LogP contribution in [0.5, 0.6) is 0 Å². The second-order valence-electron chi connectivity index (χ2n) is 30.3. The van der Waals surface area contributed by atoms with Gasteiger partial charge in [-0.15, -0.1) is 0 Å². The molecule has 62 nitrogen and oxygen atoms in total. The predicted octanol–water partition coefficient (Wildman–Crippen LogP) is -8.09. The number of H-pyrrole nitrogens is 5. The van der Waals surface area contributed by atoms with E-state index >= 15 is 0 Å². The Morgan fingerprint density at radius 3 is 1.13 bits per heavy atom. The number of phosphoric acid groups is 4. The molecule has 0 amide bonds. The number of aromatic nitrogens is 14. The Bertz CT molecular complexity index is 6440. The summed E-state index contributed by atoms with van der Waals surface area (Å²) >= 11 is 10.6. The summed E-state index contributed by atoms with van der Waals surface area (Å²) in [6.45, 7) is -15.7. The molecule has 7 aliphatic heterocycles. The van der Waals surface area contributed by atoms with Gasteiger partial charge in [-0.05, 0) is 13.0 Å². The summed E-state index contributed by atoms with van der Waals surface area (Å²) in [5, 5.41) is 9.88. The first-order chi connectivity index (χ1) is 64.3. The Morgan fingerprint density at radius 2 is 0.765 bits per heavy atom. The number of aromatic amines is 5. The van der Waals surface area contributed by atoms with Gasteiger partial charge in [0.2, 0.25) is 12.7 Å². The number of aliphatic hydroxyl groups excluding tert-OH is 1. The first-order valence-electron chi connectivity index (χ1n) is 39.8. The van der Waals surface area contributed by atoms with Gasteiger partial charge in [0, 0.05) is 111 Å². The summed E-state index contributed by atoms with van der Waals surface area (Å²) < 4.78 is 219. The van der Waals surface area contributed by atoms with E-state index < -0.39 is 306 Å². The molecule has 7 aliphatic rings. The summed E-state index contributed by atoms with van der Waals surface area (Å²) in [5.74, 6) is -0.814. The second-order valence-corrected chi connectivity index (χ2v) is 41.1. The number of nitrogens with one attached hydrogen (secondary N) is 5. The van der Waals surface area contributed by atoms with Crippen LogP contribution >= 0.6 is 44.8 Å². The number of aliphatic hydroxyl groups is 1. The van der Waals surface area contributed by atoms with Crippen molar-refractivity contribution < 1.29 is 168 Å². The van der Waals surface area contributed by atoms with E-state index in [4.69, 9.17) is 151 Å². The molecule has 0 spiro atoms. The number of hydrogen-bond acceptors (Lipinski definition) is 53. The van der Waals surface area contributed by atoms with Gasteiger partial charge in [0.15, 0.2) is 48.5 Å². The molecule has 752 valence electrons. The monoisotopic (exact) mass is 2090 g/mol. The van der Waals surface area contributed by atoms with Crippen LogP contribution < -0.4 is 92.2 Å². The van der Waals surface area contributed by atoms with Crippen molar-refractivity contribution in [2.24, 2.45) is 0 Å². The third kappa shape index (κ3) is 23.4. The molecule has 0 aliphatic carbocycles. The molecule has 14 rings (SSSR count). The maximum Gasteiger partial charge on any atom is 0.351 e. The number of methoxy groups -OCH3 is 6. The molecular weight excluding hydrogens is 2000 g/mol. The largest absolute Gasteiger partial charge is 0.780 e. The van der Waals surface area contributed by atoms with E-state index in [1.807, 2.05) is 19.9 Å². The van der Waals surface area contributed by atoms with Crippen LogP contribution in [0.2, 0.25) is 0 Å². The van der Waals surface area contributed by atoms with Gasteiger partial charge in [0.1, 0.15) is 122 Å². The molecule has 70 heteroatoms. The van der Waals surface area contributed by atoms with Gasteiger partial charge in [-0.2, -0.15) is 9.97 Å². The molecular formula is C66H84N16O46P6S2-6. The lowest BCUT2D eigenvalue weighted by Crippen LogP contribution is -2.42. The van der Waals surface area contributed by atoms with Crippen molar-refractivity contribution in [3.05, 3.63) is 172 Å². The number of fused-ring (bicyclic) bond motifs is 1. The maximum absolute atomic E-state index is 14.8. The lowest BCUT2D eigenvalue weighted by molar-refractivity contribution is -0.241. The number of ether oxygens (including phenoxy) is 13. The molecule has 0 bridgehead atoms. The quantitative estimate of drug-likeness (QED) is 0.0130. The van der Waals surface area contributed by atoms with Crippen molar-refractivity contribution in [2.75, 3.05) is 100 Å². The summed E-state index contributed by atoms with van der Waals surface area (Å²) in [5.41, 5.74) is 0.901. The zero-order valence-electron chi connectivity index (χ0n) is 71.0. The number of nitrogen functional groups attached to an aromatic ring is 2. The Morgan fingerprint density at radius 1 is 0.434 bits per heavy atom. The smallest absolute Gasteiger partial charge is 0.351 e. The molecule has 0 saturated carbocycles. The van der Waals surface area contributed by atoms with Crippen molar-refractivity contribution in [2.45, 2.75) is 173 Å². The minimum absolute atomic E-state index is 0.0508. The number of nitrogens with zero attached hydrogens (tertiary/aromatic N) is 9. The van der Waals surface area contributed by atoms with Crippen LogP contribution in [0.1, 0.15) is 50.7 Å². The Kier molecular flexibility index (Phi) is 32.8. The third-order valence-corrected chi connectivity index (χ3v) is 28.9. The number of hydrogen-bond donors (Lipinski definition) is 8. The van der Waals surface area contributed by atoms with Crippen LogP contribution in [-0.2, 0) is 163 Å². The van der Waals surface area contributed by atoms with Gasteiger partial charge >= 0.3 is 28.4 Å². The summed E-state index contributed by atoms with van der Waals surface area (Å²) in [4.78, 5) is 223. The van der Waals surface area contributed by atoms with E-state index in [1.165, 1.54) is 6.92 Å². The Labute approximate surface area is 768 Å².